The summed E-state index contributed by atoms with van der Waals surface area (Å²) >= 11 is 3.39. The number of nitrogens with zero attached hydrogens (tertiary/aromatic N) is 1. The van der Waals surface area contributed by atoms with Crippen molar-refractivity contribution < 1.29 is 4.92 Å². The molecule has 6 heteroatoms. The van der Waals surface area contributed by atoms with Crippen LogP contribution in [0.25, 0.3) is 0 Å². The number of nitro benzene ring substituents is 1. The third-order valence-electron chi connectivity index (χ3n) is 3.74. The fourth-order valence-corrected chi connectivity index (χ4v) is 3.19. The number of benzene rings is 2. The van der Waals surface area contributed by atoms with Gasteiger partial charge in [0.25, 0.3) is 5.69 Å². The zero-order chi connectivity index (χ0) is 15.0. The third kappa shape index (κ3) is 2.71. The number of hydrogen-bond donors (Lipinski definition) is 2. The summed E-state index contributed by atoms with van der Waals surface area (Å²) in [6.45, 7) is 0. The molecule has 0 heterocycles. The Bertz CT molecular complexity index is 718. The van der Waals surface area contributed by atoms with Crippen molar-refractivity contribution >= 4 is 33.0 Å². The quantitative estimate of drug-likeness (QED) is 0.498. The van der Waals surface area contributed by atoms with E-state index in [9.17, 15) is 10.1 Å². The number of fused-ring (bicyclic) bond motifs is 1. The van der Waals surface area contributed by atoms with Crippen molar-refractivity contribution in [3.05, 3.63) is 62.1 Å². The van der Waals surface area contributed by atoms with Gasteiger partial charge in [0.05, 0.1) is 11.0 Å². The molecule has 108 valence electrons. The highest BCUT2D eigenvalue weighted by atomic mass is 79.9. The lowest BCUT2D eigenvalue weighted by Gasteiger charge is -2.16. The van der Waals surface area contributed by atoms with Gasteiger partial charge >= 0.3 is 0 Å². The molecule has 0 spiro atoms. The Morgan fingerprint density at radius 1 is 1.29 bits per heavy atom. The van der Waals surface area contributed by atoms with Crippen molar-refractivity contribution in [3.8, 4) is 0 Å². The molecule has 0 bridgehead atoms. The second-order valence-corrected chi connectivity index (χ2v) is 5.97. The predicted molar refractivity (Wildman–Crippen MR) is 86.3 cm³/mol. The summed E-state index contributed by atoms with van der Waals surface area (Å²) in [6.07, 6.45) is 1.98. The molecule has 0 amide bonds. The Hall–Kier alpha value is -2.08. The maximum atomic E-state index is 10.8. The smallest absolute Gasteiger partial charge is 0.270 e. The number of nitrogen functional groups attached to an aromatic ring is 1. The molecule has 21 heavy (non-hydrogen) atoms. The minimum absolute atomic E-state index is 0.0759. The summed E-state index contributed by atoms with van der Waals surface area (Å²) in [5.74, 6) is 0. The number of rotatable bonds is 3. The van der Waals surface area contributed by atoms with Gasteiger partial charge in [-0.25, -0.2) is 0 Å². The molecular formula is C15H14BrN3O2. The topological polar surface area (TPSA) is 81.2 Å². The minimum Gasteiger partial charge on any atom is -0.399 e. The summed E-state index contributed by atoms with van der Waals surface area (Å²) in [7, 11) is 0. The van der Waals surface area contributed by atoms with Crippen LogP contribution in [0.5, 0.6) is 0 Å². The molecule has 0 fully saturated rings. The van der Waals surface area contributed by atoms with E-state index < -0.39 is 4.92 Å². The standard InChI is InChI=1S/C15H14BrN3O2/c16-13-8-11(19(20)21)3-6-15(13)18-14-5-1-9-7-10(17)2-4-12(9)14/h2-4,6-8,14,18H,1,5,17H2. The number of nitrogens with one attached hydrogen (secondary N) is 1. The lowest BCUT2D eigenvalue weighted by atomic mass is 10.1. The Morgan fingerprint density at radius 3 is 2.81 bits per heavy atom. The molecule has 0 aromatic heterocycles. The number of anilines is 2. The fourth-order valence-electron chi connectivity index (χ4n) is 2.71. The molecule has 0 aliphatic heterocycles. The van der Waals surface area contributed by atoms with Gasteiger partial charge in [0, 0.05) is 28.0 Å². The molecule has 1 aliphatic rings. The summed E-state index contributed by atoms with van der Waals surface area (Å²) in [5.41, 5.74) is 10.0. The molecule has 2 aromatic carbocycles. The zero-order valence-corrected chi connectivity index (χ0v) is 12.8. The first-order valence-corrected chi connectivity index (χ1v) is 7.42. The van der Waals surface area contributed by atoms with E-state index in [1.165, 1.54) is 23.3 Å². The highest BCUT2D eigenvalue weighted by molar-refractivity contribution is 9.10. The molecule has 0 saturated carbocycles. The van der Waals surface area contributed by atoms with Gasteiger partial charge in [0.2, 0.25) is 0 Å². The summed E-state index contributed by atoms with van der Waals surface area (Å²) in [6, 6.07) is 10.9. The lowest BCUT2D eigenvalue weighted by molar-refractivity contribution is -0.384. The highest BCUT2D eigenvalue weighted by Gasteiger charge is 2.23. The van der Waals surface area contributed by atoms with Gasteiger partial charge in [-0.3, -0.25) is 10.1 Å². The largest absolute Gasteiger partial charge is 0.399 e. The van der Waals surface area contributed by atoms with E-state index in [4.69, 9.17) is 5.73 Å². The Labute approximate surface area is 130 Å². The molecule has 3 rings (SSSR count). The average molecular weight is 348 g/mol. The number of halogens is 1. The molecule has 5 nitrogen and oxygen atoms in total. The van der Waals surface area contributed by atoms with Crippen LogP contribution in [-0.2, 0) is 6.42 Å². The van der Waals surface area contributed by atoms with Crippen molar-refractivity contribution in [3.63, 3.8) is 0 Å². The number of non-ortho nitro benzene ring substituents is 1. The number of nitrogens with two attached hydrogens (primary N) is 1. The van der Waals surface area contributed by atoms with Crippen molar-refractivity contribution in [2.75, 3.05) is 11.1 Å². The normalized spacial score (nSPS) is 16.5. The second-order valence-electron chi connectivity index (χ2n) is 5.12. The molecule has 0 radical (unpaired) electrons. The molecule has 1 aliphatic carbocycles. The molecule has 1 unspecified atom stereocenters. The second kappa shape index (κ2) is 5.37. The zero-order valence-electron chi connectivity index (χ0n) is 11.2. The van der Waals surface area contributed by atoms with Gasteiger partial charge in [-0.2, -0.15) is 0 Å². The predicted octanol–water partition coefficient (Wildman–Crippen LogP) is 4.04. The Balaban J connectivity index is 1.84. The SMILES string of the molecule is Nc1ccc2c(c1)CCC2Nc1ccc([N+](=O)[O-])cc1Br. The number of aryl methyl sites for hydroxylation is 1. The van der Waals surface area contributed by atoms with Crippen LogP contribution in [0.1, 0.15) is 23.6 Å². The van der Waals surface area contributed by atoms with Gasteiger partial charge in [0.15, 0.2) is 0 Å². The Morgan fingerprint density at radius 2 is 2.10 bits per heavy atom. The first-order chi connectivity index (χ1) is 10.0. The fraction of sp³-hybridized carbons (Fsp3) is 0.200. The van der Waals surface area contributed by atoms with Crippen molar-refractivity contribution in [2.45, 2.75) is 18.9 Å². The first-order valence-electron chi connectivity index (χ1n) is 6.63. The maximum Gasteiger partial charge on any atom is 0.270 e. The van der Waals surface area contributed by atoms with Crippen molar-refractivity contribution in [1.29, 1.82) is 0 Å². The van der Waals surface area contributed by atoms with E-state index in [1.54, 1.807) is 6.07 Å². The number of hydrogen-bond acceptors (Lipinski definition) is 4. The van der Waals surface area contributed by atoms with E-state index in [1.807, 2.05) is 12.1 Å². The van der Waals surface area contributed by atoms with Gasteiger partial charge in [-0.1, -0.05) is 6.07 Å². The number of nitro groups is 1. The van der Waals surface area contributed by atoms with Gasteiger partial charge in [-0.05, 0) is 58.1 Å². The van der Waals surface area contributed by atoms with Crippen LogP contribution in [0, 0.1) is 10.1 Å². The van der Waals surface area contributed by atoms with Gasteiger partial charge < -0.3 is 11.1 Å². The van der Waals surface area contributed by atoms with Crippen LogP contribution in [0.4, 0.5) is 17.1 Å². The highest BCUT2D eigenvalue weighted by Crippen LogP contribution is 2.37. The van der Waals surface area contributed by atoms with Crippen LogP contribution in [0.15, 0.2) is 40.9 Å². The van der Waals surface area contributed by atoms with Crippen molar-refractivity contribution in [1.82, 2.24) is 0 Å². The molecular weight excluding hydrogens is 334 g/mol. The van der Waals surface area contributed by atoms with E-state index in [0.717, 1.165) is 24.2 Å². The first kappa shape index (κ1) is 13.9. The third-order valence-corrected chi connectivity index (χ3v) is 4.39. The van der Waals surface area contributed by atoms with Crippen molar-refractivity contribution in [2.24, 2.45) is 0 Å². The van der Waals surface area contributed by atoms with Crippen LogP contribution in [0.2, 0.25) is 0 Å². The van der Waals surface area contributed by atoms with E-state index in [0.29, 0.717) is 4.47 Å². The van der Waals surface area contributed by atoms with Gasteiger partial charge in [-0.15, -0.1) is 0 Å². The van der Waals surface area contributed by atoms with E-state index in [-0.39, 0.29) is 11.7 Å². The van der Waals surface area contributed by atoms with E-state index in [2.05, 4.69) is 27.3 Å². The summed E-state index contributed by atoms with van der Waals surface area (Å²) < 4.78 is 0.695. The van der Waals surface area contributed by atoms with Crippen LogP contribution >= 0.6 is 15.9 Å². The van der Waals surface area contributed by atoms with Crippen LogP contribution < -0.4 is 11.1 Å². The lowest BCUT2D eigenvalue weighted by Crippen LogP contribution is -2.07. The Kier molecular flexibility index (Phi) is 3.55. The summed E-state index contributed by atoms with van der Waals surface area (Å²) in [5, 5.41) is 14.2. The monoisotopic (exact) mass is 347 g/mol. The molecule has 1 atom stereocenters. The minimum atomic E-state index is -0.401. The molecule has 3 N–H and O–H groups in total. The van der Waals surface area contributed by atoms with E-state index >= 15 is 0 Å². The molecule has 2 aromatic rings. The van der Waals surface area contributed by atoms with Gasteiger partial charge in [0.1, 0.15) is 0 Å². The van der Waals surface area contributed by atoms with Crippen LogP contribution in [-0.4, -0.2) is 4.92 Å². The average Bonchev–Trinajstić information content (AvgIpc) is 2.83. The maximum absolute atomic E-state index is 10.8. The van der Waals surface area contributed by atoms with Crippen LogP contribution in [0.3, 0.4) is 0 Å². The summed E-state index contributed by atoms with van der Waals surface area (Å²) in [4.78, 5) is 10.4. The molecule has 0 saturated heterocycles.